The number of rotatable bonds is 5. The highest BCUT2D eigenvalue weighted by Crippen LogP contribution is 2.33. The van der Waals surface area contributed by atoms with Gasteiger partial charge < -0.3 is 9.84 Å². The number of aromatic nitrogens is 3. The fourth-order valence-electron chi connectivity index (χ4n) is 2.86. The Bertz CT molecular complexity index is 1070. The predicted octanol–water partition coefficient (Wildman–Crippen LogP) is 2.79. The molecule has 8 nitrogen and oxygen atoms in total. The summed E-state index contributed by atoms with van der Waals surface area (Å²) in [5.41, 5.74) is 1.94. The average Bonchev–Trinajstić information content (AvgIpc) is 3.19. The molecule has 0 aromatic carbocycles. The van der Waals surface area contributed by atoms with Gasteiger partial charge in [0.15, 0.2) is 12.4 Å². The molecule has 9 heteroatoms. The van der Waals surface area contributed by atoms with Crippen LogP contribution in [0.5, 0.6) is 5.88 Å². The van der Waals surface area contributed by atoms with Crippen molar-refractivity contribution in [3.05, 3.63) is 52.1 Å². The van der Waals surface area contributed by atoms with E-state index in [1.807, 2.05) is 11.4 Å². The summed E-state index contributed by atoms with van der Waals surface area (Å²) in [4.78, 5) is 38.9. The molecule has 0 aliphatic carbocycles. The van der Waals surface area contributed by atoms with Gasteiger partial charge in [-0.15, -0.1) is 11.3 Å². The maximum Gasteiger partial charge on any atom is 0.354 e. The summed E-state index contributed by atoms with van der Waals surface area (Å²) in [7, 11) is 0. The SMILES string of the molecule is CCc1cc(-c2ncc3c(n2)OCC(=O)N3Cc2ccnc(C(=O)O)c2)cs1. The van der Waals surface area contributed by atoms with Gasteiger partial charge in [-0.05, 0) is 30.2 Å². The van der Waals surface area contributed by atoms with Gasteiger partial charge >= 0.3 is 5.97 Å². The van der Waals surface area contributed by atoms with Crippen LogP contribution in [0.2, 0.25) is 0 Å². The van der Waals surface area contributed by atoms with Crippen LogP contribution in [-0.2, 0) is 17.8 Å². The fraction of sp³-hybridized carbons (Fsp3) is 0.211. The number of hydrogen-bond acceptors (Lipinski definition) is 7. The lowest BCUT2D eigenvalue weighted by atomic mass is 10.2. The van der Waals surface area contributed by atoms with Gasteiger partial charge in [0.05, 0.1) is 12.7 Å². The number of carbonyl (C=O) groups excluding carboxylic acids is 1. The first kappa shape index (κ1) is 18.1. The number of ether oxygens (including phenoxy) is 1. The lowest BCUT2D eigenvalue weighted by Crippen LogP contribution is -2.38. The number of nitrogens with zero attached hydrogens (tertiary/aromatic N) is 4. The van der Waals surface area contributed by atoms with Crippen molar-refractivity contribution in [1.29, 1.82) is 0 Å². The second-order valence-electron chi connectivity index (χ2n) is 6.16. The number of carboxylic acid groups (broad SMARTS) is 1. The molecule has 28 heavy (non-hydrogen) atoms. The van der Waals surface area contributed by atoms with Gasteiger partial charge in [0.1, 0.15) is 11.4 Å². The summed E-state index contributed by atoms with van der Waals surface area (Å²) >= 11 is 1.65. The molecule has 0 bridgehead atoms. The molecule has 0 spiro atoms. The van der Waals surface area contributed by atoms with Gasteiger partial charge in [-0.1, -0.05) is 6.92 Å². The number of hydrogen-bond donors (Lipinski definition) is 1. The highest BCUT2D eigenvalue weighted by Gasteiger charge is 2.28. The van der Waals surface area contributed by atoms with Crippen LogP contribution in [0.15, 0.2) is 36.0 Å². The molecule has 1 aliphatic heterocycles. The zero-order valence-corrected chi connectivity index (χ0v) is 15.8. The molecule has 0 radical (unpaired) electrons. The zero-order chi connectivity index (χ0) is 19.7. The van der Waals surface area contributed by atoms with Crippen molar-refractivity contribution in [3.8, 4) is 17.3 Å². The summed E-state index contributed by atoms with van der Waals surface area (Å²) < 4.78 is 5.52. The number of pyridine rings is 1. The van der Waals surface area contributed by atoms with Crippen molar-refractivity contribution >= 4 is 28.9 Å². The van der Waals surface area contributed by atoms with Crippen LogP contribution in [0, 0.1) is 0 Å². The molecular formula is C19H16N4O4S. The smallest absolute Gasteiger partial charge is 0.354 e. The van der Waals surface area contributed by atoms with Crippen molar-refractivity contribution < 1.29 is 19.4 Å². The Kier molecular flexibility index (Phi) is 4.74. The van der Waals surface area contributed by atoms with E-state index >= 15 is 0 Å². The monoisotopic (exact) mass is 396 g/mol. The largest absolute Gasteiger partial charge is 0.477 e. The number of carboxylic acids is 1. The van der Waals surface area contributed by atoms with E-state index in [1.165, 1.54) is 22.0 Å². The number of aryl methyl sites for hydroxylation is 1. The van der Waals surface area contributed by atoms with Crippen LogP contribution in [0.25, 0.3) is 11.4 Å². The van der Waals surface area contributed by atoms with Crippen LogP contribution in [0.4, 0.5) is 5.69 Å². The number of thiophene rings is 1. The van der Waals surface area contributed by atoms with E-state index in [2.05, 4.69) is 21.9 Å². The van der Waals surface area contributed by atoms with Crippen molar-refractivity contribution in [2.75, 3.05) is 11.5 Å². The number of amides is 1. The van der Waals surface area contributed by atoms with Crippen LogP contribution in [-0.4, -0.2) is 38.5 Å². The molecule has 1 N–H and O–H groups in total. The van der Waals surface area contributed by atoms with E-state index in [0.717, 1.165) is 12.0 Å². The minimum absolute atomic E-state index is 0.0748. The minimum atomic E-state index is -1.12. The molecule has 142 valence electrons. The first-order valence-electron chi connectivity index (χ1n) is 8.61. The highest BCUT2D eigenvalue weighted by atomic mass is 32.1. The molecule has 1 aliphatic rings. The van der Waals surface area contributed by atoms with Crippen molar-refractivity contribution in [3.63, 3.8) is 0 Å². The third kappa shape index (κ3) is 3.44. The fourth-order valence-corrected chi connectivity index (χ4v) is 3.67. The van der Waals surface area contributed by atoms with E-state index < -0.39 is 5.97 Å². The van der Waals surface area contributed by atoms with Gasteiger partial charge in [-0.2, -0.15) is 4.98 Å². The maximum atomic E-state index is 12.4. The molecule has 0 unspecified atom stereocenters. The van der Waals surface area contributed by atoms with Gasteiger partial charge in [0.25, 0.3) is 5.91 Å². The summed E-state index contributed by atoms with van der Waals surface area (Å²) in [6.07, 6.45) is 3.92. The summed E-state index contributed by atoms with van der Waals surface area (Å²) in [6, 6.07) is 5.15. The second kappa shape index (κ2) is 7.35. The molecule has 0 saturated carbocycles. The Hall–Kier alpha value is -3.33. The van der Waals surface area contributed by atoms with E-state index in [1.54, 1.807) is 23.6 Å². The summed E-state index contributed by atoms with van der Waals surface area (Å²) in [6.45, 7) is 2.13. The average molecular weight is 396 g/mol. The lowest BCUT2D eigenvalue weighted by Gasteiger charge is -2.28. The van der Waals surface area contributed by atoms with E-state index in [4.69, 9.17) is 9.84 Å². The van der Waals surface area contributed by atoms with Gasteiger partial charge in [-0.3, -0.25) is 9.69 Å². The molecule has 3 aromatic rings. The second-order valence-corrected chi connectivity index (χ2v) is 7.16. The van der Waals surface area contributed by atoms with Gasteiger partial charge in [-0.25, -0.2) is 14.8 Å². The first-order chi connectivity index (χ1) is 13.5. The Morgan fingerprint density at radius 2 is 2.21 bits per heavy atom. The molecule has 0 fully saturated rings. The Labute approximate surface area is 164 Å². The third-order valence-corrected chi connectivity index (χ3v) is 5.39. The van der Waals surface area contributed by atoms with Crippen LogP contribution >= 0.6 is 11.3 Å². The number of fused-ring (bicyclic) bond motifs is 1. The number of carbonyl (C=O) groups is 2. The van der Waals surface area contributed by atoms with E-state index in [0.29, 0.717) is 23.0 Å². The number of anilines is 1. The summed E-state index contributed by atoms with van der Waals surface area (Å²) in [5.74, 6) is -0.491. The standard InChI is InChI=1S/C19H16N4O4S/c1-2-13-6-12(10-28-13)17-21-7-15-18(22-17)27-9-16(24)23(15)8-11-3-4-20-14(5-11)19(25)26/h3-7,10H,2,8-9H2,1H3,(H,25,26). The molecule has 1 amide bonds. The molecule has 4 heterocycles. The Morgan fingerprint density at radius 1 is 1.36 bits per heavy atom. The topological polar surface area (TPSA) is 106 Å². The Balaban J connectivity index is 1.65. The number of aromatic carboxylic acids is 1. The predicted molar refractivity (Wildman–Crippen MR) is 103 cm³/mol. The third-order valence-electron chi connectivity index (χ3n) is 4.30. The van der Waals surface area contributed by atoms with Crippen LogP contribution < -0.4 is 9.64 Å². The van der Waals surface area contributed by atoms with Crippen LogP contribution in [0.3, 0.4) is 0 Å². The van der Waals surface area contributed by atoms with E-state index in [9.17, 15) is 9.59 Å². The zero-order valence-electron chi connectivity index (χ0n) is 15.0. The summed E-state index contributed by atoms with van der Waals surface area (Å²) in [5, 5.41) is 11.1. The lowest BCUT2D eigenvalue weighted by molar-refractivity contribution is -0.121. The van der Waals surface area contributed by atoms with Gasteiger partial charge in [0.2, 0.25) is 5.88 Å². The molecule has 3 aromatic heterocycles. The molecular weight excluding hydrogens is 380 g/mol. The normalized spacial score (nSPS) is 13.2. The molecule has 0 atom stereocenters. The highest BCUT2D eigenvalue weighted by molar-refractivity contribution is 7.10. The molecule has 4 rings (SSSR count). The van der Waals surface area contributed by atoms with Crippen molar-refractivity contribution in [2.45, 2.75) is 19.9 Å². The maximum absolute atomic E-state index is 12.4. The molecule has 0 saturated heterocycles. The van der Waals surface area contributed by atoms with E-state index in [-0.39, 0.29) is 24.8 Å². The van der Waals surface area contributed by atoms with Crippen LogP contribution in [0.1, 0.15) is 27.9 Å². The Morgan fingerprint density at radius 3 is 2.96 bits per heavy atom. The first-order valence-corrected chi connectivity index (χ1v) is 9.49. The minimum Gasteiger partial charge on any atom is -0.477 e. The van der Waals surface area contributed by atoms with Gasteiger partial charge in [0, 0.05) is 22.0 Å². The van der Waals surface area contributed by atoms with Crippen molar-refractivity contribution in [1.82, 2.24) is 15.0 Å². The van der Waals surface area contributed by atoms with Crippen molar-refractivity contribution in [2.24, 2.45) is 0 Å². The quantitative estimate of drug-likeness (QED) is 0.707.